The molecule has 0 amide bonds. The first kappa shape index (κ1) is 71.0. The summed E-state index contributed by atoms with van der Waals surface area (Å²) >= 11 is 0. The van der Waals surface area contributed by atoms with Crippen molar-refractivity contribution in [3.8, 4) is 89.3 Å². The third-order valence-electron chi connectivity index (χ3n) is 26.2. The van der Waals surface area contributed by atoms with E-state index in [4.69, 9.17) is 0 Å². The Hall–Kier alpha value is -14.6. The number of rotatable bonds is 12. The first-order valence-electron chi connectivity index (χ1n) is 41.7. The van der Waals surface area contributed by atoms with Gasteiger partial charge in [0.05, 0.1) is 22.1 Å². The highest BCUT2D eigenvalue weighted by atomic mass is 15.1. The zero-order chi connectivity index (χ0) is 79.8. The Labute approximate surface area is 695 Å². The molecular weight excluding hydrogens is 1440 g/mol. The van der Waals surface area contributed by atoms with Crippen LogP contribution in [0.3, 0.4) is 0 Å². The van der Waals surface area contributed by atoms with Gasteiger partial charge < -0.3 is 18.9 Å². The minimum Gasteiger partial charge on any atom is -0.311 e. The highest BCUT2D eigenvalue weighted by molar-refractivity contribution is 6.18. The summed E-state index contributed by atoms with van der Waals surface area (Å²) in [5.74, 6) is 0. The van der Waals surface area contributed by atoms with Gasteiger partial charge in [0.15, 0.2) is 0 Å². The monoisotopic (exact) mass is 1520 g/mol. The number of nitrogens with zero attached hydrogens (tertiary/aromatic N) is 4. The van der Waals surface area contributed by atoms with Crippen LogP contribution in [0.2, 0.25) is 0 Å². The molecule has 0 bridgehead atoms. The molecule has 2 aromatic heterocycles. The smallest absolute Gasteiger partial charge is 0.0547 e. The molecule has 4 nitrogen and oxygen atoms in total. The van der Waals surface area contributed by atoms with Gasteiger partial charge in [-0.3, -0.25) is 0 Å². The number of aromatic nitrogens is 2. The topological polar surface area (TPSA) is 16.3 Å². The number of hydrogen-bond acceptors (Lipinski definition) is 2. The van der Waals surface area contributed by atoms with Crippen molar-refractivity contribution < 1.29 is 0 Å². The molecule has 0 spiro atoms. The van der Waals surface area contributed by atoms with Crippen LogP contribution in [0.4, 0.5) is 34.1 Å². The van der Waals surface area contributed by atoms with Crippen LogP contribution in [0.5, 0.6) is 0 Å². The summed E-state index contributed by atoms with van der Waals surface area (Å²) in [7, 11) is 0. The van der Waals surface area contributed by atoms with Crippen LogP contribution in [-0.4, -0.2) is 9.13 Å². The summed E-state index contributed by atoms with van der Waals surface area (Å²) in [6.45, 7) is 14.2. The van der Waals surface area contributed by atoms with Gasteiger partial charge in [-0.15, -0.1) is 0 Å². The Morgan fingerprint density at radius 2 is 0.563 bits per heavy atom. The highest BCUT2D eigenvalue weighted by Crippen LogP contribution is 2.56. The Balaban J connectivity index is 0.000000144. The number of fused-ring (bicyclic) bond motifs is 17. The minimum atomic E-state index is -0.0947. The fourth-order valence-electron chi connectivity index (χ4n) is 20.1. The van der Waals surface area contributed by atoms with Gasteiger partial charge in [-0.25, -0.2) is 0 Å². The molecule has 23 rings (SSSR count). The van der Waals surface area contributed by atoms with Gasteiger partial charge in [0.1, 0.15) is 0 Å². The molecule has 0 atom stereocenters. The van der Waals surface area contributed by atoms with Crippen molar-refractivity contribution >= 4 is 88.5 Å². The zero-order valence-corrected chi connectivity index (χ0v) is 67.5. The van der Waals surface area contributed by atoms with Crippen LogP contribution in [-0.2, 0) is 16.2 Å². The quantitative estimate of drug-likeness (QED) is 0.121. The minimum absolute atomic E-state index is 0.0400. The van der Waals surface area contributed by atoms with E-state index in [0.717, 1.165) is 45.5 Å². The molecule has 0 N–H and O–H groups in total. The second kappa shape index (κ2) is 27.8. The average molecular weight is 1520 g/mol. The second-order valence-electron chi connectivity index (χ2n) is 34.0. The lowest BCUT2D eigenvalue weighted by Gasteiger charge is -2.28. The highest BCUT2D eigenvalue weighted by Gasteiger charge is 2.40. The Kier molecular flexibility index (Phi) is 16.6. The second-order valence-corrected chi connectivity index (χ2v) is 34.0. The molecule has 0 radical (unpaired) electrons. The third kappa shape index (κ3) is 11.6. The van der Waals surface area contributed by atoms with Crippen molar-refractivity contribution in [2.24, 2.45) is 0 Å². The van der Waals surface area contributed by atoms with E-state index in [1.807, 2.05) is 0 Å². The van der Waals surface area contributed by atoms with Gasteiger partial charge in [-0.1, -0.05) is 321 Å². The summed E-state index contributed by atoms with van der Waals surface area (Å²) < 4.78 is 4.89. The van der Waals surface area contributed by atoms with E-state index < -0.39 is 0 Å². The van der Waals surface area contributed by atoms with Gasteiger partial charge in [0.25, 0.3) is 0 Å². The van der Waals surface area contributed by atoms with E-state index in [9.17, 15) is 0 Å². The predicted octanol–water partition coefficient (Wildman–Crippen LogP) is 31.2. The summed E-state index contributed by atoms with van der Waals surface area (Å²) in [4.78, 5) is 4.73. The van der Waals surface area contributed by atoms with Gasteiger partial charge in [-0.2, -0.15) is 0 Å². The molecule has 0 unspecified atom stereocenters. The van der Waals surface area contributed by atoms with E-state index >= 15 is 0 Å². The first-order valence-corrected chi connectivity index (χ1v) is 41.7. The average Bonchev–Trinajstić information content (AvgIpc) is 1.54. The van der Waals surface area contributed by atoms with Crippen molar-refractivity contribution in [1.82, 2.24) is 9.13 Å². The predicted molar refractivity (Wildman–Crippen MR) is 503 cm³/mol. The summed E-state index contributed by atoms with van der Waals surface area (Å²) in [5.41, 5.74) is 39.9. The molecule has 0 saturated heterocycles. The lowest BCUT2D eigenvalue weighted by molar-refractivity contribution is 0.660. The molecule has 20 aromatic rings. The van der Waals surface area contributed by atoms with E-state index in [1.165, 1.54) is 166 Å². The Morgan fingerprint density at radius 1 is 0.193 bits per heavy atom. The van der Waals surface area contributed by atoms with Crippen LogP contribution >= 0.6 is 0 Å². The van der Waals surface area contributed by atoms with E-state index in [0.29, 0.717) is 0 Å². The maximum absolute atomic E-state index is 2.46. The third-order valence-corrected chi connectivity index (χ3v) is 26.2. The molecule has 2 heterocycles. The number of anilines is 6. The standard InChI is InChI=1S/C60H46N2.C55H40N2/c1-59(2)53-19-11-8-16-47(53)49-35-34-46(36-55(49)59)61(43-28-22-40(23-29-43)39-14-6-5-7-15-39)44-30-24-41(25-31-44)42-26-32-45(33-27-42)62-57-21-13-10-18-50(57)52-37-51-48-17-9-12-20-54(48)60(3,4)56(51)38-58(52)62;1-55(2)49-18-10-8-16-47(49)53-50(55)34-35-52-54(53)48-17-9-11-19-51(48)57(52)46-32-24-39(25-33-46)38-22-28-44(29-23-38)56(43-14-4-3-5-15-43)45-30-26-40(27-31-45)42-21-20-37-12-6-7-13-41(37)36-42/h5-38H,1-4H3;3-36H,1-2H3. The van der Waals surface area contributed by atoms with Crippen molar-refractivity contribution in [2.75, 3.05) is 9.80 Å². The summed E-state index contributed by atoms with van der Waals surface area (Å²) in [5, 5.41) is 7.72. The zero-order valence-electron chi connectivity index (χ0n) is 67.5. The van der Waals surface area contributed by atoms with Crippen LogP contribution in [0.15, 0.2) is 413 Å². The van der Waals surface area contributed by atoms with Crippen LogP contribution in [0.25, 0.3) is 144 Å². The molecule has 0 fully saturated rings. The van der Waals surface area contributed by atoms with Crippen molar-refractivity contribution in [1.29, 1.82) is 0 Å². The Morgan fingerprint density at radius 3 is 1.13 bits per heavy atom. The fourth-order valence-corrected chi connectivity index (χ4v) is 20.1. The van der Waals surface area contributed by atoms with Crippen LogP contribution < -0.4 is 9.80 Å². The molecule has 18 aromatic carbocycles. The molecular formula is C115H86N4. The number of benzene rings is 18. The van der Waals surface area contributed by atoms with Crippen molar-refractivity contribution in [2.45, 2.75) is 57.8 Å². The SMILES string of the molecule is CC1(C)c2ccccc2-c2c1ccc1c2c2ccccc2n1-c1ccc(-c2ccc(N(c3ccccc3)c3ccc(-c4ccc5ccccc5c4)cc3)cc2)cc1.CC1(C)c2ccccc2-c2ccc(N(c3ccc(-c4ccccc4)cc3)c3ccc(-c4ccc(-n5c6ccccc6c6cc7c(cc65)C(C)(C)c5ccccc5-7)cc4)cc3)cc21. The maximum atomic E-state index is 2.46. The molecule has 566 valence electrons. The maximum Gasteiger partial charge on any atom is 0.0547 e. The van der Waals surface area contributed by atoms with Gasteiger partial charge in [-0.05, 0) is 256 Å². The van der Waals surface area contributed by atoms with Crippen LogP contribution in [0.1, 0.15) is 74.9 Å². The summed E-state index contributed by atoms with van der Waals surface area (Å²) in [6.07, 6.45) is 0. The van der Waals surface area contributed by atoms with Crippen molar-refractivity contribution in [3.63, 3.8) is 0 Å². The lowest BCUT2D eigenvalue weighted by Crippen LogP contribution is -2.16. The number of hydrogen-bond donors (Lipinski definition) is 0. The fraction of sp³-hybridized carbons (Fsp3) is 0.0783. The Bertz CT molecular complexity index is 7370. The normalized spacial score (nSPS) is 13.5. The first-order chi connectivity index (χ1) is 58.3. The molecule has 0 saturated carbocycles. The van der Waals surface area contributed by atoms with Gasteiger partial charge in [0.2, 0.25) is 0 Å². The molecule has 0 aliphatic heterocycles. The number of para-hydroxylation sites is 3. The molecule has 3 aliphatic rings. The summed E-state index contributed by atoms with van der Waals surface area (Å²) in [6, 6.07) is 152. The molecule has 119 heavy (non-hydrogen) atoms. The molecule has 3 aliphatic carbocycles. The van der Waals surface area contributed by atoms with E-state index in [2.05, 4.69) is 473 Å². The van der Waals surface area contributed by atoms with E-state index in [-0.39, 0.29) is 16.2 Å². The molecule has 4 heteroatoms. The van der Waals surface area contributed by atoms with E-state index in [1.54, 1.807) is 0 Å². The largest absolute Gasteiger partial charge is 0.311 e. The van der Waals surface area contributed by atoms with Gasteiger partial charge >= 0.3 is 0 Å². The van der Waals surface area contributed by atoms with Crippen LogP contribution in [0, 0.1) is 0 Å². The lowest BCUT2D eigenvalue weighted by atomic mass is 9.82. The van der Waals surface area contributed by atoms with Gasteiger partial charge in [0, 0.05) is 83.3 Å². The van der Waals surface area contributed by atoms with Crippen molar-refractivity contribution in [3.05, 3.63) is 446 Å².